The van der Waals surface area contributed by atoms with E-state index in [0.717, 1.165) is 25.9 Å². The summed E-state index contributed by atoms with van der Waals surface area (Å²) >= 11 is 0. The molecule has 0 aromatic rings. The summed E-state index contributed by atoms with van der Waals surface area (Å²) in [6, 6.07) is 0.846. The second-order valence-corrected chi connectivity index (χ2v) is 10.3. The normalized spacial score (nSPS) is 14.3. The molecular formula is C18H36O5Si. The first-order chi connectivity index (χ1) is 11.1. The number of rotatable bonds is 10. The van der Waals surface area contributed by atoms with Crippen molar-refractivity contribution >= 4 is 14.8 Å². The third-order valence-corrected chi connectivity index (χ3v) is 5.69. The van der Waals surface area contributed by atoms with Crippen molar-refractivity contribution in [1.29, 1.82) is 0 Å². The summed E-state index contributed by atoms with van der Waals surface area (Å²) in [6.45, 7) is 18.9. The molecule has 0 saturated carbocycles. The quantitative estimate of drug-likeness (QED) is 0.427. The second-order valence-electron chi connectivity index (χ2n) is 7.36. The highest BCUT2D eigenvalue weighted by Crippen LogP contribution is 2.19. The van der Waals surface area contributed by atoms with E-state index in [1.165, 1.54) is 6.26 Å². The van der Waals surface area contributed by atoms with Crippen LogP contribution in [0.3, 0.4) is 0 Å². The Morgan fingerprint density at radius 3 is 1.38 bits per heavy atom. The summed E-state index contributed by atoms with van der Waals surface area (Å²) in [5.74, 6) is 1.33. The third-order valence-electron chi connectivity index (χ3n) is 3.01. The zero-order valence-corrected chi connectivity index (χ0v) is 17.7. The summed E-state index contributed by atoms with van der Waals surface area (Å²) in [5, 5.41) is 0. The van der Waals surface area contributed by atoms with Gasteiger partial charge in [0.2, 0.25) is 0 Å². The molecule has 0 atom stereocenters. The lowest BCUT2D eigenvalue weighted by Crippen LogP contribution is -2.47. The molecule has 0 aromatic carbocycles. The maximum atomic E-state index is 9.94. The van der Waals surface area contributed by atoms with E-state index in [1.54, 1.807) is 6.92 Å². The third kappa shape index (κ3) is 10.2. The molecule has 0 bridgehead atoms. The van der Waals surface area contributed by atoms with E-state index in [4.69, 9.17) is 13.3 Å². The van der Waals surface area contributed by atoms with Crippen LogP contribution in [0.1, 0.15) is 55.4 Å². The highest BCUT2D eigenvalue weighted by molar-refractivity contribution is 6.60. The van der Waals surface area contributed by atoms with Gasteiger partial charge in [-0.25, -0.2) is 4.79 Å². The summed E-state index contributed by atoms with van der Waals surface area (Å²) in [6.07, 6.45) is 1.43. The van der Waals surface area contributed by atoms with Gasteiger partial charge in [-0.2, -0.15) is 0 Å². The van der Waals surface area contributed by atoms with Gasteiger partial charge in [0, 0.05) is 25.9 Å². The van der Waals surface area contributed by atoms with Gasteiger partial charge in [-0.3, -0.25) is 0 Å². The van der Waals surface area contributed by atoms with Gasteiger partial charge < -0.3 is 18.0 Å². The zero-order valence-electron chi connectivity index (χ0n) is 16.7. The van der Waals surface area contributed by atoms with Gasteiger partial charge in [0.1, 0.15) is 6.26 Å². The molecule has 5 nitrogen and oxygen atoms in total. The SMILES string of the molecule is CC1=COC1=O.CC[Si](OCC(C)C)(OCC(C)C)OCC(C)C. The van der Waals surface area contributed by atoms with Gasteiger partial charge in [0.25, 0.3) is 0 Å². The molecule has 1 rings (SSSR count). The van der Waals surface area contributed by atoms with Crippen LogP contribution < -0.4 is 0 Å². The monoisotopic (exact) mass is 360 g/mol. The predicted molar refractivity (Wildman–Crippen MR) is 98.5 cm³/mol. The molecule has 0 amide bonds. The van der Waals surface area contributed by atoms with E-state index < -0.39 is 8.80 Å². The van der Waals surface area contributed by atoms with Crippen LogP contribution in [0.4, 0.5) is 0 Å². The molecular weight excluding hydrogens is 324 g/mol. The molecule has 0 aliphatic carbocycles. The van der Waals surface area contributed by atoms with E-state index in [-0.39, 0.29) is 5.97 Å². The highest BCUT2D eigenvalue weighted by atomic mass is 28.4. The fraction of sp³-hybridized carbons (Fsp3) is 0.833. The van der Waals surface area contributed by atoms with Crippen LogP contribution in [0.15, 0.2) is 11.8 Å². The molecule has 1 aliphatic heterocycles. The minimum Gasteiger partial charge on any atom is -0.430 e. The Bertz CT molecular complexity index is 360. The van der Waals surface area contributed by atoms with Gasteiger partial charge >= 0.3 is 14.8 Å². The van der Waals surface area contributed by atoms with E-state index in [0.29, 0.717) is 23.3 Å². The first-order valence-electron chi connectivity index (χ1n) is 8.91. The lowest BCUT2D eigenvalue weighted by atomic mass is 10.2. The lowest BCUT2D eigenvalue weighted by Gasteiger charge is -2.31. The van der Waals surface area contributed by atoms with Crippen LogP contribution in [-0.4, -0.2) is 34.6 Å². The molecule has 0 fully saturated rings. The van der Waals surface area contributed by atoms with Gasteiger partial charge in [-0.05, 0) is 24.7 Å². The molecule has 1 aliphatic rings. The summed E-state index contributed by atoms with van der Waals surface area (Å²) in [7, 11) is -2.46. The molecule has 0 aromatic heterocycles. The Morgan fingerprint density at radius 1 is 0.917 bits per heavy atom. The van der Waals surface area contributed by atoms with Crippen molar-refractivity contribution in [3.8, 4) is 0 Å². The number of hydrogen-bond donors (Lipinski definition) is 0. The Labute approximate surface area is 149 Å². The molecule has 0 saturated heterocycles. The van der Waals surface area contributed by atoms with Crippen LogP contribution in [0.2, 0.25) is 6.04 Å². The lowest BCUT2D eigenvalue weighted by molar-refractivity contribution is -0.138. The first kappa shape index (κ1) is 23.3. The fourth-order valence-electron chi connectivity index (χ4n) is 1.54. The molecule has 0 N–H and O–H groups in total. The van der Waals surface area contributed by atoms with Crippen molar-refractivity contribution in [2.24, 2.45) is 17.8 Å². The largest absolute Gasteiger partial charge is 0.500 e. The summed E-state index contributed by atoms with van der Waals surface area (Å²) in [4.78, 5) is 9.94. The Morgan fingerprint density at radius 2 is 1.25 bits per heavy atom. The van der Waals surface area contributed by atoms with Crippen molar-refractivity contribution in [3.63, 3.8) is 0 Å². The van der Waals surface area contributed by atoms with Crippen molar-refractivity contribution in [2.45, 2.75) is 61.4 Å². The van der Waals surface area contributed by atoms with E-state index >= 15 is 0 Å². The van der Waals surface area contributed by atoms with Crippen molar-refractivity contribution in [3.05, 3.63) is 11.8 Å². The molecule has 0 spiro atoms. The van der Waals surface area contributed by atoms with Crippen LogP contribution in [0, 0.1) is 17.8 Å². The van der Waals surface area contributed by atoms with E-state index in [9.17, 15) is 4.79 Å². The Kier molecular flexibility index (Phi) is 11.5. The second kappa shape index (κ2) is 11.8. The molecule has 0 unspecified atom stereocenters. The zero-order chi connectivity index (χ0) is 18.8. The first-order valence-corrected chi connectivity index (χ1v) is 10.8. The standard InChI is InChI=1S/C14H32O3Si.C4H4O2/c1-8-18(15-9-12(2)3,16-10-13(4)5)17-11-14(6)7;1-3-2-6-4(3)5/h12-14H,8-11H2,1-7H3;2H,1H3. The topological polar surface area (TPSA) is 54.0 Å². The van der Waals surface area contributed by atoms with Crippen LogP contribution in [0.5, 0.6) is 0 Å². The average Bonchev–Trinajstić information content (AvgIpc) is 2.53. The molecule has 24 heavy (non-hydrogen) atoms. The van der Waals surface area contributed by atoms with Crippen LogP contribution in [0.25, 0.3) is 0 Å². The van der Waals surface area contributed by atoms with Crippen LogP contribution >= 0.6 is 0 Å². The van der Waals surface area contributed by atoms with Gasteiger partial charge in [0.15, 0.2) is 0 Å². The molecule has 142 valence electrons. The fourth-order valence-corrected chi connectivity index (χ4v) is 4.16. The minimum absolute atomic E-state index is 0.199. The Hall–Kier alpha value is -0.693. The summed E-state index contributed by atoms with van der Waals surface area (Å²) in [5.41, 5.74) is 0.704. The van der Waals surface area contributed by atoms with E-state index in [1.807, 2.05) is 0 Å². The van der Waals surface area contributed by atoms with Crippen molar-refractivity contribution in [1.82, 2.24) is 0 Å². The van der Waals surface area contributed by atoms with Gasteiger partial charge in [-0.1, -0.05) is 48.5 Å². The van der Waals surface area contributed by atoms with Crippen molar-refractivity contribution < 1.29 is 22.8 Å². The predicted octanol–water partition coefficient (Wildman–Crippen LogP) is 4.41. The summed E-state index contributed by atoms with van der Waals surface area (Å²) < 4.78 is 22.3. The van der Waals surface area contributed by atoms with Gasteiger partial charge in [-0.15, -0.1) is 0 Å². The Balaban J connectivity index is 0.000000728. The number of carbonyl (C=O) groups excluding carboxylic acids is 1. The maximum absolute atomic E-state index is 9.94. The number of hydrogen-bond acceptors (Lipinski definition) is 5. The van der Waals surface area contributed by atoms with Crippen molar-refractivity contribution in [2.75, 3.05) is 19.8 Å². The minimum atomic E-state index is -2.46. The number of esters is 1. The number of carbonyl (C=O) groups is 1. The smallest absolute Gasteiger partial charge is 0.430 e. The molecule has 6 heteroatoms. The maximum Gasteiger partial charge on any atom is 0.500 e. The molecule has 0 radical (unpaired) electrons. The number of ether oxygens (including phenoxy) is 1. The highest BCUT2D eigenvalue weighted by Gasteiger charge is 2.39. The number of cyclic esters (lactones) is 1. The van der Waals surface area contributed by atoms with Crippen LogP contribution in [-0.2, 0) is 22.8 Å². The van der Waals surface area contributed by atoms with E-state index in [2.05, 4.69) is 53.2 Å². The molecule has 1 heterocycles. The van der Waals surface area contributed by atoms with Gasteiger partial charge in [0.05, 0.1) is 5.57 Å². The average molecular weight is 361 g/mol.